The van der Waals surface area contributed by atoms with Gasteiger partial charge in [0.15, 0.2) is 0 Å². The Hall–Kier alpha value is -1.71. The fourth-order valence-corrected chi connectivity index (χ4v) is 2.77. The van der Waals surface area contributed by atoms with Gasteiger partial charge in [0.1, 0.15) is 0 Å². The first kappa shape index (κ1) is 13.3. The second-order valence-corrected chi connectivity index (χ2v) is 5.63. The number of hydrazine groups is 1. The van der Waals surface area contributed by atoms with E-state index in [0.29, 0.717) is 0 Å². The van der Waals surface area contributed by atoms with E-state index in [2.05, 4.69) is 40.7 Å². The summed E-state index contributed by atoms with van der Waals surface area (Å²) in [5.41, 5.74) is 7.69. The van der Waals surface area contributed by atoms with Gasteiger partial charge in [0.2, 0.25) is 0 Å². The van der Waals surface area contributed by atoms with Gasteiger partial charge < -0.3 is 0 Å². The molecule has 1 aliphatic carbocycles. The molecule has 1 unspecified atom stereocenters. The number of pyridine rings is 1. The predicted molar refractivity (Wildman–Crippen MR) is 81.2 cm³/mol. The van der Waals surface area contributed by atoms with E-state index in [9.17, 15) is 0 Å². The lowest BCUT2D eigenvalue weighted by atomic mass is 9.79. The van der Waals surface area contributed by atoms with Crippen molar-refractivity contribution in [2.45, 2.75) is 38.1 Å². The highest BCUT2D eigenvalue weighted by Gasteiger charge is 2.21. The zero-order valence-electron chi connectivity index (χ0n) is 11.8. The molecule has 1 atom stereocenters. The normalized spacial score (nSPS) is 16.7. The van der Waals surface area contributed by atoms with E-state index in [1.54, 1.807) is 0 Å². The molecule has 3 N–H and O–H groups in total. The number of aromatic nitrogens is 1. The molecule has 3 nitrogen and oxygen atoms in total. The summed E-state index contributed by atoms with van der Waals surface area (Å²) in [5.74, 6) is 6.51. The van der Waals surface area contributed by atoms with E-state index in [0.717, 1.165) is 17.2 Å². The Bertz CT molecular complexity index is 573. The molecule has 20 heavy (non-hydrogen) atoms. The largest absolute Gasteiger partial charge is 0.271 e. The molecule has 1 aliphatic rings. The van der Waals surface area contributed by atoms with Crippen LogP contribution < -0.4 is 11.3 Å². The number of nitrogens with two attached hydrogens (primary N) is 1. The van der Waals surface area contributed by atoms with Crippen molar-refractivity contribution in [2.75, 3.05) is 0 Å². The van der Waals surface area contributed by atoms with Crippen LogP contribution in [-0.4, -0.2) is 4.98 Å². The maximum atomic E-state index is 5.77. The van der Waals surface area contributed by atoms with Crippen LogP contribution in [0.4, 0.5) is 0 Å². The van der Waals surface area contributed by atoms with Crippen LogP contribution in [0, 0.1) is 6.92 Å². The minimum absolute atomic E-state index is 0.00289. The molecule has 2 aromatic rings. The molecule has 0 amide bonds. The van der Waals surface area contributed by atoms with E-state index >= 15 is 0 Å². The summed E-state index contributed by atoms with van der Waals surface area (Å²) in [6, 6.07) is 12.9. The summed E-state index contributed by atoms with van der Waals surface area (Å²) in [6.45, 7) is 1.99. The quantitative estimate of drug-likeness (QED) is 0.660. The summed E-state index contributed by atoms with van der Waals surface area (Å²) >= 11 is 0. The third kappa shape index (κ3) is 2.60. The Labute approximate surface area is 120 Å². The summed E-state index contributed by atoms with van der Waals surface area (Å²) in [7, 11) is 0. The standard InChI is InChI=1S/C17H21N3/c1-12-8-9-16(11-19-12)17(20-18)15-7-3-6-14(10-15)13-4-2-5-13/h3,6-11,13,17,20H,2,4-5,18H2,1H3. The summed E-state index contributed by atoms with van der Waals surface area (Å²) in [4.78, 5) is 4.36. The highest BCUT2D eigenvalue weighted by atomic mass is 15.2. The second-order valence-electron chi connectivity index (χ2n) is 5.63. The fraction of sp³-hybridized carbons (Fsp3) is 0.353. The Morgan fingerprint density at radius 1 is 1.20 bits per heavy atom. The van der Waals surface area contributed by atoms with Gasteiger partial charge in [-0.2, -0.15) is 0 Å². The Balaban J connectivity index is 1.90. The molecular formula is C17H21N3. The number of hydrogen-bond donors (Lipinski definition) is 2. The van der Waals surface area contributed by atoms with Crippen molar-refractivity contribution in [1.82, 2.24) is 10.4 Å². The van der Waals surface area contributed by atoms with Crippen LogP contribution in [0.3, 0.4) is 0 Å². The van der Waals surface area contributed by atoms with Gasteiger partial charge in [-0.05, 0) is 48.4 Å². The molecular weight excluding hydrogens is 246 g/mol. The highest BCUT2D eigenvalue weighted by Crippen LogP contribution is 2.37. The summed E-state index contributed by atoms with van der Waals surface area (Å²) < 4.78 is 0. The Morgan fingerprint density at radius 2 is 2.05 bits per heavy atom. The average molecular weight is 267 g/mol. The zero-order chi connectivity index (χ0) is 13.9. The van der Waals surface area contributed by atoms with Gasteiger partial charge >= 0.3 is 0 Å². The molecule has 3 rings (SSSR count). The number of nitrogens with zero attached hydrogens (tertiary/aromatic N) is 1. The number of hydrogen-bond acceptors (Lipinski definition) is 3. The fourth-order valence-electron chi connectivity index (χ4n) is 2.77. The topological polar surface area (TPSA) is 50.9 Å². The van der Waals surface area contributed by atoms with Gasteiger partial charge in [0, 0.05) is 11.9 Å². The van der Waals surface area contributed by atoms with Crippen molar-refractivity contribution < 1.29 is 0 Å². The van der Waals surface area contributed by atoms with Gasteiger partial charge in [0.05, 0.1) is 6.04 Å². The minimum Gasteiger partial charge on any atom is -0.271 e. The van der Waals surface area contributed by atoms with Crippen LogP contribution in [0.25, 0.3) is 0 Å². The van der Waals surface area contributed by atoms with Crippen LogP contribution in [-0.2, 0) is 0 Å². The molecule has 104 valence electrons. The van der Waals surface area contributed by atoms with E-state index in [-0.39, 0.29) is 6.04 Å². The van der Waals surface area contributed by atoms with Crippen LogP contribution in [0.2, 0.25) is 0 Å². The van der Waals surface area contributed by atoms with Crippen LogP contribution in [0.1, 0.15) is 53.6 Å². The van der Waals surface area contributed by atoms with Crippen molar-refractivity contribution in [1.29, 1.82) is 0 Å². The first-order chi connectivity index (χ1) is 9.78. The summed E-state index contributed by atoms with van der Waals surface area (Å²) in [6.07, 6.45) is 5.89. The van der Waals surface area contributed by atoms with Gasteiger partial charge in [-0.3, -0.25) is 10.8 Å². The number of benzene rings is 1. The molecule has 0 bridgehead atoms. The van der Waals surface area contributed by atoms with E-state index in [1.807, 2.05) is 19.2 Å². The molecule has 1 aromatic carbocycles. The van der Waals surface area contributed by atoms with Crippen molar-refractivity contribution in [3.8, 4) is 0 Å². The van der Waals surface area contributed by atoms with Gasteiger partial charge in [-0.25, -0.2) is 5.43 Å². The lowest BCUT2D eigenvalue weighted by Crippen LogP contribution is -2.29. The number of aryl methyl sites for hydroxylation is 1. The Kier molecular flexibility index (Phi) is 3.81. The third-order valence-electron chi connectivity index (χ3n) is 4.25. The summed E-state index contributed by atoms with van der Waals surface area (Å²) in [5, 5.41) is 0. The van der Waals surface area contributed by atoms with E-state index in [4.69, 9.17) is 5.84 Å². The van der Waals surface area contributed by atoms with Crippen LogP contribution >= 0.6 is 0 Å². The molecule has 1 saturated carbocycles. The van der Waals surface area contributed by atoms with Gasteiger partial charge in [-0.1, -0.05) is 36.8 Å². The highest BCUT2D eigenvalue weighted by molar-refractivity contribution is 5.35. The minimum atomic E-state index is 0.00289. The first-order valence-electron chi connectivity index (χ1n) is 7.26. The molecule has 1 heterocycles. The molecule has 1 fully saturated rings. The molecule has 0 radical (unpaired) electrons. The molecule has 1 aromatic heterocycles. The number of rotatable bonds is 4. The van der Waals surface area contributed by atoms with Gasteiger partial charge in [-0.15, -0.1) is 0 Å². The smallest absolute Gasteiger partial charge is 0.0725 e. The first-order valence-corrected chi connectivity index (χ1v) is 7.26. The van der Waals surface area contributed by atoms with E-state index < -0.39 is 0 Å². The zero-order valence-corrected chi connectivity index (χ0v) is 11.8. The maximum absolute atomic E-state index is 5.77. The Morgan fingerprint density at radius 3 is 2.65 bits per heavy atom. The number of nitrogens with one attached hydrogen (secondary N) is 1. The van der Waals surface area contributed by atoms with Crippen LogP contribution in [0.15, 0.2) is 42.6 Å². The van der Waals surface area contributed by atoms with Gasteiger partial charge in [0.25, 0.3) is 0 Å². The molecule has 0 saturated heterocycles. The molecule has 3 heteroatoms. The lowest BCUT2D eigenvalue weighted by Gasteiger charge is -2.27. The maximum Gasteiger partial charge on any atom is 0.0725 e. The van der Waals surface area contributed by atoms with Crippen molar-refractivity contribution in [3.05, 3.63) is 65.0 Å². The van der Waals surface area contributed by atoms with Crippen molar-refractivity contribution >= 4 is 0 Å². The average Bonchev–Trinajstić information content (AvgIpc) is 2.40. The van der Waals surface area contributed by atoms with Crippen molar-refractivity contribution in [3.63, 3.8) is 0 Å². The monoisotopic (exact) mass is 267 g/mol. The molecule has 0 spiro atoms. The second kappa shape index (κ2) is 5.73. The third-order valence-corrected chi connectivity index (χ3v) is 4.25. The van der Waals surface area contributed by atoms with Crippen LogP contribution in [0.5, 0.6) is 0 Å². The van der Waals surface area contributed by atoms with E-state index in [1.165, 1.54) is 30.4 Å². The predicted octanol–water partition coefficient (Wildman–Crippen LogP) is 3.21. The lowest BCUT2D eigenvalue weighted by molar-refractivity contribution is 0.419. The SMILES string of the molecule is Cc1ccc(C(NN)c2cccc(C3CCC3)c2)cn1. The molecule has 0 aliphatic heterocycles. The van der Waals surface area contributed by atoms with Crippen molar-refractivity contribution in [2.24, 2.45) is 5.84 Å².